The fourth-order valence-electron chi connectivity index (χ4n) is 3.29. The van der Waals surface area contributed by atoms with Crippen LogP contribution in [-0.2, 0) is 27.9 Å². The summed E-state index contributed by atoms with van der Waals surface area (Å²) in [7, 11) is 0.545. The molecule has 0 rings (SSSR count). The first kappa shape index (κ1) is 27.0. The summed E-state index contributed by atoms with van der Waals surface area (Å²) in [6, 6.07) is 0.902. The highest BCUT2D eigenvalue weighted by Crippen LogP contribution is 2.18. The molecule has 0 radical (unpaired) electrons. The Morgan fingerprint density at radius 1 is 0.929 bits per heavy atom. The number of carbonyl (C=O) groups is 2. The second-order valence-corrected chi connectivity index (χ2v) is 10.5. The third kappa shape index (κ3) is 11.8. The van der Waals surface area contributed by atoms with Crippen molar-refractivity contribution in [2.75, 3.05) is 47.1 Å². The third-order valence-electron chi connectivity index (χ3n) is 4.74. The van der Waals surface area contributed by atoms with Gasteiger partial charge in [-0.3, -0.25) is 9.59 Å². The van der Waals surface area contributed by atoms with Crippen molar-refractivity contribution in [2.45, 2.75) is 65.5 Å². The van der Waals surface area contributed by atoms with E-state index in [1.54, 1.807) is 0 Å². The molecule has 0 N–H and O–H groups in total. The lowest BCUT2D eigenvalue weighted by Gasteiger charge is -2.29. The summed E-state index contributed by atoms with van der Waals surface area (Å²) in [5.41, 5.74) is 0. The smallest absolute Gasteiger partial charge is 0.334 e. The maximum atomic E-state index is 12.1. The number of unbranched alkanes of at least 4 members (excludes halogenated alkanes) is 2. The van der Waals surface area contributed by atoms with Crippen LogP contribution in [0.2, 0.25) is 12.6 Å². The molecule has 0 aromatic carbocycles. The van der Waals surface area contributed by atoms with Crippen molar-refractivity contribution in [3.63, 3.8) is 0 Å². The van der Waals surface area contributed by atoms with Crippen molar-refractivity contribution in [2.24, 2.45) is 5.92 Å². The Balaban J connectivity index is 4.92. The van der Waals surface area contributed by atoms with Crippen molar-refractivity contribution >= 4 is 20.5 Å². The Labute approximate surface area is 172 Å². The number of nitrogens with zero attached hydrogens (tertiary/aromatic N) is 1. The lowest BCUT2D eigenvalue weighted by Crippen LogP contribution is -2.41. The SMILES string of the molecule is CCCCCN(CCC[Si](C)(OCC)OCC)CC(CC(=O)OC)C(=O)OC. The highest BCUT2D eigenvalue weighted by Gasteiger charge is 2.31. The zero-order valence-corrected chi connectivity index (χ0v) is 19.8. The maximum absolute atomic E-state index is 12.1. The molecular weight excluding hydrogens is 378 g/mol. The number of hydrogen-bond acceptors (Lipinski definition) is 7. The molecule has 28 heavy (non-hydrogen) atoms. The molecule has 7 nitrogen and oxygen atoms in total. The predicted octanol–water partition coefficient (Wildman–Crippen LogP) is 3.37. The van der Waals surface area contributed by atoms with E-state index in [0.29, 0.717) is 19.8 Å². The molecule has 0 bridgehead atoms. The monoisotopic (exact) mass is 419 g/mol. The summed E-state index contributed by atoms with van der Waals surface area (Å²) in [5.74, 6) is -1.27. The summed E-state index contributed by atoms with van der Waals surface area (Å²) in [5, 5.41) is 0. The standard InChI is InChI=1S/C20H41NO6Si/c1-7-10-11-13-21(14-12-15-28(6,26-8-2)27-9-3)17-18(20(23)25-5)16-19(22)24-4/h18H,7-17H2,1-6H3. The quantitative estimate of drug-likeness (QED) is 0.203. The van der Waals surface area contributed by atoms with E-state index in [2.05, 4.69) is 18.4 Å². The van der Waals surface area contributed by atoms with Gasteiger partial charge >= 0.3 is 20.5 Å². The molecule has 0 heterocycles. The molecule has 0 aliphatic carbocycles. The largest absolute Gasteiger partial charge is 0.469 e. The zero-order valence-electron chi connectivity index (χ0n) is 18.8. The number of hydrogen-bond donors (Lipinski definition) is 0. The molecule has 1 unspecified atom stereocenters. The van der Waals surface area contributed by atoms with Gasteiger partial charge in [0.25, 0.3) is 0 Å². The zero-order chi connectivity index (χ0) is 21.4. The summed E-state index contributed by atoms with van der Waals surface area (Å²) >= 11 is 0. The Morgan fingerprint density at radius 2 is 1.54 bits per heavy atom. The Bertz CT molecular complexity index is 429. The summed E-state index contributed by atoms with van der Waals surface area (Å²) < 4.78 is 21.5. The average molecular weight is 420 g/mol. The Morgan fingerprint density at radius 3 is 2.04 bits per heavy atom. The van der Waals surface area contributed by atoms with E-state index in [0.717, 1.165) is 44.8 Å². The van der Waals surface area contributed by atoms with Gasteiger partial charge in [-0.2, -0.15) is 0 Å². The normalized spacial score (nSPS) is 12.8. The molecule has 0 aliphatic rings. The molecule has 0 fully saturated rings. The van der Waals surface area contributed by atoms with Gasteiger partial charge in [0.1, 0.15) is 0 Å². The molecule has 166 valence electrons. The van der Waals surface area contributed by atoms with Crippen LogP contribution in [-0.4, -0.2) is 72.5 Å². The van der Waals surface area contributed by atoms with Crippen LogP contribution < -0.4 is 0 Å². The minimum absolute atomic E-state index is 0.0395. The molecule has 0 aliphatic heterocycles. The van der Waals surface area contributed by atoms with Gasteiger partial charge in [-0.05, 0) is 52.4 Å². The molecule has 0 aromatic heterocycles. The minimum atomic E-state index is -2.15. The minimum Gasteiger partial charge on any atom is -0.469 e. The molecular formula is C20H41NO6Si. The van der Waals surface area contributed by atoms with Crippen LogP contribution in [0.4, 0.5) is 0 Å². The van der Waals surface area contributed by atoms with Crippen LogP contribution in [0.25, 0.3) is 0 Å². The molecule has 0 amide bonds. The lowest BCUT2D eigenvalue weighted by molar-refractivity contribution is -0.152. The van der Waals surface area contributed by atoms with Gasteiger partial charge in [-0.25, -0.2) is 0 Å². The van der Waals surface area contributed by atoms with Crippen molar-refractivity contribution < 1.29 is 27.9 Å². The van der Waals surface area contributed by atoms with Gasteiger partial charge in [-0.1, -0.05) is 19.8 Å². The Hall–Kier alpha value is -0.963. The Kier molecular flexibility index (Phi) is 15.4. The molecule has 0 saturated heterocycles. The van der Waals surface area contributed by atoms with Crippen molar-refractivity contribution in [3.05, 3.63) is 0 Å². The van der Waals surface area contributed by atoms with E-state index in [-0.39, 0.29) is 12.4 Å². The number of carbonyl (C=O) groups excluding carboxylic acids is 2. The maximum Gasteiger partial charge on any atom is 0.334 e. The molecule has 1 atom stereocenters. The first-order valence-electron chi connectivity index (χ1n) is 10.5. The van der Waals surface area contributed by atoms with E-state index in [1.807, 2.05) is 13.8 Å². The molecule has 0 spiro atoms. The highest BCUT2D eigenvalue weighted by atomic mass is 28.4. The number of ether oxygens (including phenoxy) is 2. The first-order valence-corrected chi connectivity index (χ1v) is 13.0. The van der Waals surface area contributed by atoms with Gasteiger partial charge in [-0.15, -0.1) is 0 Å². The fraction of sp³-hybridized carbons (Fsp3) is 0.900. The summed E-state index contributed by atoms with van der Waals surface area (Å²) in [6.45, 7) is 11.8. The van der Waals surface area contributed by atoms with E-state index >= 15 is 0 Å². The van der Waals surface area contributed by atoms with Crippen LogP contribution in [0.3, 0.4) is 0 Å². The average Bonchev–Trinajstić information content (AvgIpc) is 2.66. The third-order valence-corrected chi connectivity index (χ3v) is 7.80. The van der Waals surface area contributed by atoms with Gasteiger partial charge in [0.05, 0.1) is 26.6 Å². The molecule has 0 aromatic rings. The van der Waals surface area contributed by atoms with Gasteiger partial charge < -0.3 is 23.2 Å². The van der Waals surface area contributed by atoms with Crippen LogP contribution in [0.15, 0.2) is 0 Å². The van der Waals surface area contributed by atoms with Crippen LogP contribution >= 0.6 is 0 Å². The molecule has 0 saturated carbocycles. The van der Waals surface area contributed by atoms with Gasteiger partial charge in [0, 0.05) is 19.8 Å². The fourth-order valence-corrected chi connectivity index (χ4v) is 5.68. The van der Waals surface area contributed by atoms with Crippen LogP contribution in [0, 0.1) is 5.92 Å². The summed E-state index contributed by atoms with van der Waals surface area (Å²) in [6.07, 6.45) is 4.31. The van der Waals surface area contributed by atoms with Crippen LogP contribution in [0.1, 0.15) is 52.9 Å². The van der Waals surface area contributed by atoms with Crippen LogP contribution in [0.5, 0.6) is 0 Å². The first-order chi connectivity index (χ1) is 13.4. The number of rotatable bonds is 17. The van der Waals surface area contributed by atoms with E-state index in [1.165, 1.54) is 14.2 Å². The van der Waals surface area contributed by atoms with Crippen molar-refractivity contribution in [1.29, 1.82) is 0 Å². The topological polar surface area (TPSA) is 74.3 Å². The second-order valence-electron chi connectivity index (χ2n) is 7.11. The second kappa shape index (κ2) is 15.9. The predicted molar refractivity (Wildman–Crippen MR) is 112 cm³/mol. The van der Waals surface area contributed by atoms with Crippen molar-refractivity contribution in [1.82, 2.24) is 4.90 Å². The lowest BCUT2D eigenvalue weighted by atomic mass is 10.0. The number of esters is 2. The summed E-state index contributed by atoms with van der Waals surface area (Å²) in [4.78, 5) is 26.1. The van der Waals surface area contributed by atoms with E-state index in [4.69, 9.17) is 18.3 Å². The van der Waals surface area contributed by atoms with E-state index in [9.17, 15) is 9.59 Å². The van der Waals surface area contributed by atoms with Gasteiger partial charge in [0.2, 0.25) is 0 Å². The van der Waals surface area contributed by atoms with Gasteiger partial charge in [0.15, 0.2) is 0 Å². The number of methoxy groups -OCH3 is 2. The van der Waals surface area contributed by atoms with Crippen molar-refractivity contribution in [3.8, 4) is 0 Å². The molecule has 8 heteroatoms. The van der Waals surface area contributed by atoms with E-state index < -0.39 is 20.4 Å². The highest BCUT2D eigenvalue weighted by molar-refractivity contribution is 6.66.